The van der Waals surface area contributed by atoms with Crippen LogP contribution in [0.4, 0.5) is 0 Å². The van der Waals surface area contributed by atoms with Crippen molar-refractivity contribution in [2.75, 3.05) is 6.61 Å². The van der Waals surface area contributed by atoms with Gasteiger partial charge in [-0.15, -0.1) is 0 Å². The number of aliphatic carboxylic acids is 2. The van der Waals surface area contributed by atoms with Gasteiger partial charge in [-0.05, 0) is 19.3 Å². The summed E-state index contributed by atoms with van der Waals surface area (Å²) in [5, 5.41) is 17.4. The van der Waals surface area contributed by atoms with E-state index in [4.69, 9.17) is 14.9 Å². The van der Waals surface area contributed by atoms with Crippen LogP contribution >= 0.6 is 0 Å². The number of hydrogen-bond acceptors (Lipinski definition) is 3. The lowest BCUT2D eigenvalue weighted by Crippen LogP contribution is -2.34. The summed E-state index contributed by atoms with van der Waals surface area (Å²) in [7, 11) is 0. The molecular formula is C9H14O5. The molecule has 0 aromatic heterocycles. The zero-order valence-electron chi connectivity index (χ0n) is 7.81. The predicted octanol–water partition coefficient (Wildman–Crippen LogP) is 0.731. The third-order valence-electron chi connectivity index (χ3n) is 2.38. The average Bonchev–Trinajstić information content (AvgIpc) is 2.15. The fraction of sp³-hybridized carbons (Fsp3) is 0.778. The molecule has 1 saturated heterocycles. The van der Waals surface area contributed by atoms with Crippen molar-refractivity contribution < 1.29 is 24.5 Å². The Bertz CT molecular complexity index is 219. The number of ether oxygens (including phenoxy) is 1. The van der Waals surface area contributed by atoms with Crippen LogP contribution in [0.15, 0.2) is 0 Å². The monoisotopic (exact) mass is 202 g/mol. The molecule has 0 spiro atoms. The van der Waals surface area contributed by atoms with Gasteiger partial charge < -0.3 is 14.9 Å². The highest BCUT2D eigenvalue weighted by Gasteiger charge is 2.32. The molecule has 0 saturated carbocycles. The Balaban J connectivity index is 2.56. The fourth-order valence-electron chi connectivity index (χ4n) is 1.65. The van der Waals surface area contributed by atoms with Crippen molar-refractivity contribution in [2.24, 2.45) is 5.92 Å². The van der Waals surface area contributed by atoms with Gasteiger partial charge in [0.1, 0.15) is 0 Å². The van der Waals surface area contributed by atoms with E-state index >= 15 is 0 Å². The van der Waals surface area contributed by atoms with Gasteiger partial charge in [-0.2, -0.15) is 0 Å². The molecule has 0 aromatic rings. The lowest BCUT2D eigenvalue weighted by atomic mass is 9.93. The van der Waals surface area contributed by atoms with E-state index < -0.39 is 24.0 Å². The number of carbonyl (C=O) groups is 2. The van der Waals surface area contributed by atoms with Crippen molar-refractivity contribution >= 4 is 11.9 Å². The molecule has 1 rings (SSSR count). The second-order valence-corrected chi connectivity index (χ2v) is 3.45. The molecule has 14 heavy (non-hydrogen) atoms. The Labute approximate surface area is 81.7 Å². The van der Waals surface area contributed by atoms with Gasteiger partial charge in [0.15, 0.2) is 0 Å². The Kier molecular flexibility index (Phi) is 3.88. The fourth-order valence-corrected chi connectivity index (χ4v) is 1.65. The molecule has 0 aliphatic carbocycles. The van der Waals surface area contributed by atoms with E-state index in [0.717, 1.165) is 12.8 Å². The van der Waals surface area contributed by atoms with Gasteiger partial charge in [-0.25, -0.2) is 0 Å². The Morgan fingerprint density at radius 1 is 1.36 bits per heavy atom. The van der Waals surface area contributed by atoms with Crippen LogP contribution in [0.3, 0.4) is 0 Å². The number of rotatable bonds is 4. The molecule has 0 amide bonds. The van der Waals surface area contributed by atoms with Gasteiger partial charge >= 0.3 is 11.9 Å². The van der Waals surface area contributed by atoms with Gasteiger partial charge in [-0.1, -0.05) is 0 Å². The Hall–Kier alpha value is -1.10. The second-order valence-electron chi connectivity index (χ2n) is 3.45. The largest absolute Gasteiger partial charge is 0.481 e. The zero-order chi connectivity index (χ0) is 10.6. The molecular weight excluding hydrogens is 188 g/mol. The summed E-state index contributed by atoms with van der Waals surface area (Å²) in [6, 6.07) is 0. The quantitative estimate of drug-likeness (QED) is 0.702. The first kappa shape index (κ1) is 11.0. The van der Waals surface area contributed by atoms with Crippen molar-refractivity contribution in [3.63, 3.8) is 0 Å². The first-order chi connectivity index (χ1) is 6.61. The topological polar surface area (TPSA) is 83.8 Å². The van der Waals surface area contributed by atoms with Crippen molar-refractivity contribution in [3.8, 4) is 0 Å². The Morgan fingerprint density at radius 3 is 2.50 bits per heavy atom. The molecule has 1 heterocycles. The molecule has 2 N–H and O–H groups in total. The minimum Gasteiger partial charge on any atom is -0.481 e. The van der Waals surface area contributed by atoms with Gasteiger partial charge in [0.05, 0.1) is 18.4 Å². The smallest absolute Gasteiger partial charge is 0.309 e. The molecule has 0 bridgehead atoms. The molecule has 0 radical (unpaired) electrons. The molecule has 1 aliphatic rings. The number of carboxylic acids is 2. The van der Waals surface area contributed by atoms with Gasteiger partial charge in [0.2, 0.25) is 0 Å². The number of carboxylic acid groups (broad SMARTS) is 2. The van der Waals surface area contributed by atoms with Crippen LogP contribution in [0, 0.1) is 5.92 Å². The van der Waals surface area contributed by atoms with E-state index in [1.165, 1.54) is 0 Å². The highest BCUT2D eigenvalue weighted by molar-refractivity contribution is 5.78. The van der Waals surface area contributed by atoms with Crippen LogP contribution in [0.5, 0.6) is 0 Å². The lowest BCUT2D eigenvalue weighted by molar-refractivity contribution is -0.155. The maximum atomic E-state index is 10.8. The van der Waals surface area contributed by atoms with E-state index in [1.807, 2.05) is 0 Å². The highest BCUT2D eigenvalue weighted by atomic mass is 16.5. The van der Waals surface area contributed by atoms with Crippen molar-refractivity contribution in [1.82, 2.24) is 0 Å². The van der Waals surface area contributed by atoms with Crippen LogP contribution in [0.1, 0.15) is 25.7 Å². The molecule has 5 nitrogen and oxygen atoms in total. The summed E-state index contributed by atoms with van der Waals surface area (Å²) in [4.78, 5) is 21.2. The van der Waals surface area contributed by atoms with E-state index in [9.17, 15) is 9.59 Å². The predicted molar refractivity (Wildman–Crippen MR) is 47.0 cm³/mol. The van der Waals surface area contributed by atoms with E-state index in [1.54, 1.807) is 0 Å². The van der Waals surface area contributed by atoms with E-state index in [-0.39, 0.29) is 6.42 Å². The van der Waals surface area contributed by atoms with Crippen molar-refractivity contribution in [1.29, 1.82) is 0 Å². The molecule has 1 fully saturated rings. The van der Waals surface area contributed by atoms with Crippen molar-refractivity contribution in [3.05, 3.63) is 0 Å². The summed E-state index contributed by atoms with van der Waals surface area (Å²) in [6.45, 7) is 0.536. The minimum atomic E-state index is -1.09. The third kappa shape index (κ3) is 2.99. The maximum Gasteiger partial charge on any atom is 0.309 e. The molecule has 2 atom stereocenters. The van der Waals surface area contributed by atoms with E-state index in [2.05, 4.69) is 0 Å². The molecule has 2 unspecified atom stereocenters. The summed E-state index contributed by atoms with van der Waals surface area (Å²) in [6.07, 6.45) is 1.69. The minimum absolute atomic E-state index is 0.361. The first-order valence-electron chi connectivity index (χ1n) is 4.67. The third-order valence-corrected chi connectivity index (χ3v) is 2.38. The second kappa shape index (κ2) is 4.95. The lowest BCUT2D eigenvalue weighted by Gasteiger charge is -2.26. The van der Waals surface area contributed by atoms with Crippen LogP contribution in [-0.2, 0) is 14.3 Å². The van der Waals surface area contributed by atoms with Crippen LogP contribution in [0.2, 0.25) is 0 Å². The summed E-state index contributed by atoms with van der Waals surface area (Å²) >= 11 is 0. The molecule has 5 heteroatoms. The standard InChI is InChI=1S/C9H14O5/c10-8(11)5-6(9(12)13)7-3-1-2-4-14-7/h6-7H,1-5H2,(H,10,11)(H,12,13). The zero-order valence-corrected chi connectivity index (χ0v) is 7.81. The number of hydrogen-bond donors (Lipinski definition) is 2. The summed E-state index contributed by atoms with van der Waals surface area (Å²) in [5.41, 5.74) is 0. The van der Waals surface area contributed by atoms with E-state index in [0.29, 0.717) is 13.0 Å². The average molecular weight is 202 g/mol. The van der Waals surface area contributed by atoms with Gasteiger partial charge in [-0.3, -0.25) is 9.59 Å². The van der Waals surface area contributed by atoms with Gasteiger partial charge in [0, 0.05) is 6.61 Å². The van der Waals surface area contributed by atoms with Crippen LogP contribution in [0.25, 0.3) is 0 Å². The molecule has 0 aromatic carbocycles. The Morgan fingerprint density at radius 2 is 2.07 bits per heavy atom. The molecule has 80 valence electrons. The summed E-state index contributed by atoms with van der Waals surface area (Å²) < 4.78 is 5.26. The highest BCUT2D eigenvalue weighted by Crippen LogP contribution is 2.22. The van der Waals surface area contributed by atoms with Crippen LogP contribution in [-0.4, -0.2) is 34.9 Å². The first-order valence-corrected chi connectivity index (χ1v) is 4.67. The molecule has 1 aliphatic heterocycles. The van der Waals surface area contributed by atoms with Crippen molar-refractivity contribution in [2.45, 2.75) is 31.8 Å². The SMILES string of the molecule is O=C(O)CC(C(=O)O)C1CCCCO1. The normalized spacial score (nSPS) is 24.1. The summed E-state index contributed by atoms with van der Waals surface area (Å²) in [5.74, 6) is -3.08. The van der Waals surface area contributed by atoms with Gasteiger partial charge in [0.25, 0.3) is 0 Å². The maximum absolute atomic E-state index is 10.8. The van der Waals surface area contributed by atoms with Crippen LogP contribution < -0.4 is 0 Å².